The number of pyridine rings is 1. The van der Waals surface area contributed by atoms with Crippen molar-refractivity contribution in [2.75, 3.05) is 18.5 Å². The Hall–Kier alpha value is -3.16. The topological polar surface area (TPSA) is 104 Å². The summed E-state index contributed by atoms with van der Waals surface area (Å²) in [7, 11) is 0. The van der Waals surface area contributed by atoms with Crippen LogP contribution in [0.3, 0.4) is 0 Å². The van der Waals surface area contributed by atoms with Crippen LogP contribution < -0.4 is 14.8 Å². The van der Waals surface area contributed by atoms with Crippen molar-refractivity contribution in [3.63, 3.8) is 0 Å². The molecular formula is C16H17N3O5. The van der Waals surface area contributed by atoms with Crippen LogP contribution in [0.15, 0.2) is 36.5 Å². The third-order valence-corrected chi connectivity index (χ3v) is 3.05. The summed E-state index contributed by atoms with van der Waals surface area (Å²) < 4.78 is 10.7. The number of rotatable bonds is 7. The highest BCUT2D eigenvalue weighted by Crippen LogP contribution is 2.19. The molecule has 1 N–H and O–H groups in total. The summed E-state index contributed by atoms with van der Waals surface area (Å²) in [6, 6.07) is 8.34. The lowest BCUT2D eigenvalue weighted by Gasteiger charge is -2.08. The lowest BCUT2D eigenvalue weighted by molar-refractivity contribution is -0.385. The molecule has 0 fully saturated rings. The summed E-state index contributed by atoms with van der Waals surface area (Å²) in [5.74, 6) is 1.07. The van der Waals surface area contributed by atoms with Crippen LogP contribution in [0, 0.1) is 17.0 Å². The molecule has 0 aliphatic carbocycles. The number of aryl methyl sites for hydroxylation is 1. The Labute approximate surface area is 138 Å². The third-order valence-electron chi connectivity index (χ3n) is 3.05. The van der Waals surface area contributed by atoms with E-state index in [0.29, 0.717) is 17.9 Å². The molecule has 8 nitrogen and oxygen atoms in total. The average Bonchev–Trinajstić information content (AvgIpc) is 2.54. The van der Waals surface area contributed by atoms with E-state index in [4.69, 9.17) is 9.47 Å². The van der Waals surface area contributed by atoms with Gasteiger partial charge < -0.3 is 14.8 Å². The second kappa shape index (κ2) is 7.91. The lowest BCUT2D eigenvalue weighted by atomic mass is 10.2. The van der Waals surface area contributed by atoms with E-state index in [1.165, 1.54) is 6.07 Å². The molecule has 1 amide bonds. The van der Waals surface area contributed by atoms with Crippen molar-refractivity contribution in [1.29, 1.82) is 0 Å². The Bertz CT molecular complexity index is 731. The number of aromatic nitrogens is 1. The Morgan fingerprint density at radius 3 is 2.42 bits per heavy atom. The fraction of sp³-hybridized carbons (Fsp3) is 0.250. The summed E-state index contributed by atoms with van der Waals surface area (Å²) in [6.07, 6.45) is 1.11. The first-order chi connectivity index (χ1) is 11.5. The molecule has 0 unspecified atom stereocenters. The number of hydrogen-bond donors (Lipinski definition) is 1. The van der Waals surface area contributed by atoms with Crippen molar-refractivity contribution in [1.82, 2.24) is 4.98 Å². The number of amides is 1. The third kappa shape index (κ3) is 4.67. The largest absolute Gasteiger partial charge is 0.494 e. The van der Waals surface area contributed by atoms with Crippen molar-refractivity contribution < 1.29 is 19.2 Å². The summed E-state index contributed by atoms with van der Waals surface area (Å²) in [6.45, 7) is 3.84. The molecule has 0 aliphatic heterocycles. The van der Waals surface area contributed by atoms with Crippen LogP contribution in [0.5, 0.6) is 11.5 Å². The molecule has 0 aliphatic rings. The van der Waals surface area contributed by atoms with Gasteiger partial charge in [0.25, 0.3) is 11.6 Å². The normalized spacial score (nSPS) is 10.1. The van der Waals surface area contributed by atoms with Crippen LogP contribution >= 0.6 is 0 Å². The number of benzene rings is 1. The number of ether oxygens (including phenoxy) is 2. The maximum Gasteiger partial charge on any atom is 0.290 e. The van der Waals surface area contributed by atoms with Crippen LogP contribution in [0.1, 0.15) is 12.5 Å². The van der Waals surface area contributed by atoms with Crippen LogP contribution in [0.25, 0.3) is 0 Å². The summed E-state index contributed by atoms with van der Waals surface area (Å²) in [5.41, 5.74) is 0.316. The number of carbonyl (C=O) groups excluding carboxylic acids is 1. The van der Waals surface area contributed by atoms with Gasteiger partial charge >= 0.3 is 0 Å². The molecule has 0 saturated carbocycles. The van der Waals surface area contributed by atoms with Crippen molar-refractivity contribution >= 4 is 17.4 Å². The zero-order valence-electron chi connectivity index (χ0n) is 13.3. The zero-order chi connectivity index (χ0) is 17.5. The number of nitrogens with zero attached hydrogens (tertiary/aromatic N) is 2. The number of anilines is 1. The molecule has 126 valence electrons. The van der Waals surface area contributed by atoms with Gasteiger partial charge in [0.2, 0.25) is 0 Å². The van der Waals surface area contributed by atoms with Gasteiger partial charge in [-0.3, -0.25) is 14.9 Å². The van der Waals surface area contributed by atoms with Gasteiger partial charge in [-0.15, -0.1) is 0 Å². The molecule has 0 bridgehead atoms. The monoisotopic (exact) mass is 331 g/mol. The minimum absolute atomic E-state index is 0.0985. The first-order valence-corrected chi connectivity index (χ1v) is 7.26. The minimum atomic E-state index is -0.525. The Kier molecular flexibility index (Phi) is 5.67. The van der Waals surface area contributed by atoms with Gasteiger partial charge in [-0.1, -0.05) is 0 Å². The van der Waals surface area contributed by atoms with Gasteiger partial charge in [0, 0.05) is 5.56 Å². The fourth-order valence-electron chi connectivity index (χ4n) is 1.93. The molecule has 1 heterocycles. The van der Waals surface area contributed by atoms with Gasteiger partial charge in [0.15, 0.2) is 6.61 Å². The number of hydrogen-bond acceptors (Lipinski definition) is 6. The van der Waals surface area contributed by atoms with E-state index >= 15 is 0 Å². The second-order valence-corrected chi connectivity index (χ2v) is 4.85. The highest BCUT2D eigenvalue weighted by molar-refractivity contribution is 5.91. The van der Waals surface area contributed by atoms with E-state index in [-0.39, 0.29) is 18.1 Å². The molecule has 0 saturated heterocycles. The highest BCUT2D eigenvalue weighted by Gasteiger charge is 2.13. The SMILES string of the molecule is CCOc1ccc(OCC(=O)Nc2cc(C)c([N+](=O)[O-])cn2)cc1. The van der Waals surface area contributed by atoms with Gasteiger partial charge in [-0.05, 0) is 44.2 Å². The molecule has 0 radical (unpaired) electrons. The van der Waals surface area contributed by atoms with Gasteiger partial charge in [-0.25, -0.2) is 4.98 Å². The quantitative estimate of drug-likeness (QED) is 0.618. The van der Waals surface area contributed by atoms with E-state index in [2.05, 4.69) is 10.3 Å². The molecule has 2 aromatic rings. The lowest BCUT2D eigenvalue weighted by Crippen LogP contribution is -2.20. The first kappa shape index (κ1) is 17.2. The van der Waals surface area contributed by atoms with Crippen molar-refractivity contribution in [2.24, 2.45) is 0 Å². The van der Waals surface area contributed by atoms with Crippen molar-refractivity contribution in [3.8, 4) is 11.5 Å². The first-order valence-electron chi connectivity index (χ1n) is 7.26. The van der Waals surface area contributed by atoms with Gasteiger partial charge in [0.05, 0.1) is 11.5 Å². The molecule has 0 atom stereocenters. The summed E-state index contributed by atoms with van der Waals surface area (Å²) >= 11 is 0. The standard InChI is InChI=1S/C16H17N3O5/c1-3-23-12-4-6-13(7-5-12)24-10-16(20)18-15-8-11(2)14(9-17-15)19(21)22/h4-9H,3,10H2,1-2H3,(H,17,18,20). The van der Waals surface area contributed by atoms with Crippen molar-refractivity contribution in [3.05, 3.63) is 52.2 Å². The molecule has 2 rings (SSSR count). The predicted molar refractivity (Wildman–Crippen MR) is 87.4 cm³/mol. The maximum atomic E-state index is 11.9. The van der Waals surface area contributed by atoms with Crippen LogP contribution in [-0.2, 0) is 4.79 Å². The number of nitro groups is 1. The molecule has 8 heteroatoms. The number of nitrogens with one attached hydrogen (secondary N) is 1. The molecule has 1 aromatic carbocycles. The van der Waals surface area contributed by atoms with E-state index < -0.39 is 10.8 Å². The summed E-state index contributed by atoms with van der Waals surface area (Å²) in [5, 5.41) is 13.3. The fourth-order valence-corrected chi connectivity index (χ4v) is 1.93. The van der Waals surface area contributed by atoms with E-state index in [1.807, 2.05) is 6.92 Å². The van der Waals surface area contributed by atoms with E-state index in [0.717, 1.165) is 11.9 Å². The predicted octanol–water partition coefficient (Wildman–Crippen LogP) is 2.71. The van der Waals surface area contributed by atoms with Crippen molar-refractivity contribution in [2.45, 2.75) is 13.8 Å². The van der Waals surface area contributed by atoms with Crippen LogP contribution in [0.4, 0.5) is 11.5 Å². The van der Waals surface area contributed by atoms with Gasteiger partial charge in [0.1, 0.15) is 23.5 Å². The Morgan fingerprint density at radius 1 is 1.25 bits per heavy atom. The maximum absolute atomic E-state index is 11.9. The Morgan fingerprint density at radius 2 is 1.88 bits per heavy atom. The second-order valence-electron chi connectivity index (χ2n) is 4.85. The van der Waals surface area contributed by atoms with E-state index in [1.54, 1.807) is 31.2 Å². The highest BCUT2D eigenvalue weighted by atomic mass is 16.6. The smallest absolute Gasteiger partial charge is 0.290 e. The van der Waals surface area contributed by atoms with Crippen LogP contribution in [-0.4, -0.2) is 29.0 Å². The average molecular weight is 331 g/mol. The molecular weight excluding hydrogens is 314 g/mol. The molecule has 24 heavy (non-hydrogen) atoms. The van der Waals surface area contributed by atoms with Gasteiger partial charge in [-0.2, -0.15) is 0 Å². The van der Waals surface area contributed by atoms with E-state index in [9.17, 15) is 14.9 Å². The summed E-state index contributed by atoms with van der Waals surface area (Å²) in [4.78, 5) is 25.9. The van der Waals surface area contributed by atoms with Crippen LogP contribution in [0.2, 0.25) is 0 Å². The molecule has 1 aromatic heterocycles. The Balaban J connectivity index is 1.89. The zero-order valence-corrected chi connectivity index (χ0v) is 13.3. The minimum Gasteiger partial charge on any atom is -0.494 e. The number of carbonyl (C=O) groups is 1. The molecule has 0 spiro atoms.